The van der Waals surface area contributed by atoms with Crippen molar-refractivity contribution in [3.8, 4) is 11.3 Å². The molecule has 2 aromatic rings. The fourth-order valence-electron chi connectivity index (χ4n) is 1.39. The summed E-state index contributed by atoms with van der Waals surface area (Å²) in [5.41, 5.74) is 7.62. The van der Waals surface area contributed by atoms with Crippen LogP contribution in [-0.4, -0.2) is 0 Å². The summed E-state index contributed by atoms with van der Waals surface area (Å²) in [6.07, 6.45) is 1.64. The fourth-order valence-corrected chi connectivity index (χ4v) is 1.56. The van der Waals surface area contributed by atoms with E-state index in [0.29, 0.717) is 11.6 Å². The van der Waals surface area contributed by atoms with Crippen LogP contribution in [-0.2, 0) is 6.54 Å². The molecule has 2 rings (SSSR count). The Morgan fingerprint density at radius 1 is 1.29 bits per heavy atom. The van der Waals surface area contributed by atoms with E-state index in [9.17, 15) is 0 Å². The van der Waals surface area contributed by atoms with E-state index >= 15 is 0 Å². The number of furan rings is 1. The molecule has 0 saturated carbocycles. The zero-order valence-corrected chi connectivity index (χ0v) is 8.29. The lowest BCUT2D eigenvalue weighted by Crippen LogP contribution is -1.98. The van der Waals surface area contributed by atoms with Gasteiger partial charge in [-0.15, -0.1) is 0 Å². The molecule has 0 bridgehead atoms. The van der Waals surface area contributed by atoms with Crippen molar-refractivity contribution in [1.29, 1.82) is 0 Å². The van der Waals surface area contributed by atoms with E-state index in [0.717, 1.165) is 16.9 Å². The highest BCUT2D eigenvalue weighted by Crippen LogP contribution is 2.26. The minimum absolute atomic E-state index is 0.479. The van der Waals surface area contributed by atoms with E-state index in [1.165, 1.54) is 0 Å². The van der Waals surface area contributed by atoms with Crippen molar-refractivity contribution in [2.75, 3.05) is 0 Å². The third kappa shape index (κ3) is 1.67. The fraction of sp³-hybridized carbons (Fsp3) is 0.0909. The molecule has 0 aliphatic carbocycles. The predicted octanol–water partition coefficient (Wildman–Crippen LogP) is 3.06. The van der Waals surface area contributed by atoms with Crippen LogP contribution in [0.3, 0.4) is 0 Å². The van der Waals surface area contributed by atoms with Crippen LogP contribution >= 0.6 is 11.6 Å². The summed E-state index contributed by atoms with van der Waals surface area (Å²) in [6.45, 7) is 0.479. The van der Waals surface area contributed by atoms with E-state index in [1.54, 1.807) is 6.26 Å². The van der Waals surface area contributed by atoms with Gasteiger partial charge in [0.15, 0.2) is 0 Å². The topological polar surface area (TPSA) is 39.2 Å². The summed E-state index contributed by atoms with van der Waals surface area (Å²) in [4.78, 5) is 0. The van der Waals surface area contributed by atoms with Gasteiger partial charge in [-0.2, -0.15) is 0 Å². The van der Waals surface area contributed by atoms with Gasteiger partial charge in [0, 0.05) is 17.1 Å². The molecule has 0 spiro atoms. The highest BCUT2D eigenvalue weighted by molar-refractivity contribution is 6.30. The van der Waals surface area contributed by atoms with Crippen molar-refractivity contribution >= 4 is 11.6 Å². The molecule has 0 aliphatic rings. The SMILES string of the molecule is NCc1ccc(Cl)cc1-c1ccco1. The Morgan fingerprint density at radius 3 is 2.79 bits per heavy atom. The highest BCUT2D eigenvalue weighted by Gasteiger charge is 2.06. The Labute approximate surface area is 87.3 Å². The molecule has 2 nitrogen and oxygen atoms in total. The average Bonchev–Trinajstić information content (AvgIpc) is 2.70. The summed E-state index contributed by atoms with van der Waals surface area (Å²) < 4.78 is 5.30. The molecule has 1 aromatic carbocycles. The molecule has 3 heteroatoms. The molecule has 72 valence electrons. The molecule has 0 fully saturated rings. The molecule has 1 aromatic heterocycles. The maximum atomic E-state index is 5.91. The molecule has 0 unspecified atom stereocenters. The minimum atomic E-state index is 0.479. The molecule has 1 heterocycles. The second-order valence-corrected chi connectivity index (χ2v) is 3.42. The zero-order chi connectivity index (χ0) is 9.97. The van der Waals surface area contributed by atoms with Gasteiger partial charge < -0.3 is 10.2 Å². The minimum Gasteiger partial charge on any atom is -0.464 e. The second kappa shape index (κ2) is 3.86. The highest BCUT2D eigenvalue weighted by atomic mass is 35.5. The third-order valence-electron chi connectivity index (χ3n) is 2.08. The second-order valence-electron chi connectivity index (χ2n) is 2.98. The molecule has 0 amide bonds. The standard InChI is InChI=1S/C11H10ClNO/c12-9-4-3-8(7-13)10(6-9)11-2-1-5-14-11/h1-6H,7,13H2. The Kier molecular flexibility index (Phi) is 2.57. The van der Waals surface area contributed by atoms with E-state index in [-0.39, 0.29) is 0 Å². The Bertz CT molecular complexity index is 423. The first-order valence-electron chi connectivity index (χ1n) is 4.33. The molecular formula is C11H10ClNO. The Balaban J connectivity index is 2.55. The van der Waals surface area contributed by atoms with Crippen LogP contribution in [0.1, 0.15) is 5.56 Å². The first kappa shape index (κ1) is 9.31. The van der Waals surface area contributed by atoms with Crippen LogP contribution in [0, 0.1) is 0 Å². The zero-order valence-electron chi connectivity index (χ0n) is 7.53. The molecule has 2 N–H and O–H groups in total. The quantitative estimate of drug-likeness (QED) is 0.822. The van der Waals surface area contributed by atoms with Crippen LogP contribution in [0.2, 0.25) is 5.02 Å². The predicted molar refractivity (Wildman–Crippen MR) is 57.0 cm³/mol. The molecule has 0 radical (unpaired) electrons. The lowest BCUT2D eigenvalue weighted by atomic mass is 10.1. The number of halogens is 1. The van der Waals surface area contributed by atoms with Gasteiger partial charge >= 0.3 is 0 Å². The lowest BCUT2D eigenvalue weighted by molar-refractivity contribution is 0.581. The van der Waals surface area contributed by atoms with Crippen LogP contribution in [0.25, 0.3) is 11.3 Å². The van der Waals surface area contributed by atoms with Crippen molar-refractivity contribution in [3.05, 3.63) is 47.2 Å². The van der Waals surface area contributed by atoms with Crippen LogP contribution in [0.15, 0.2) is 41.0 Å². The van der Waals surface area contributed by atoms with Crippen LogP contribution in [0.5, 0.6) is 0 Å². The van der Waals surface area contributed by atoms with Gasteiger partial charge in [0.05, 0.1) is 6.26 Å². The monoisotopic (exact) mass is 207 g/mol. The summed E-state index contributed by atoms with van der Waals surface area (Å²) >= 11 is 5.91. The van der Waals surface area contributed by atoms with E-state index in [4.69, 9.17) is 21.8 Å². The number of nitrogens with two attached hydrogens (primary N) is 1. The molecule has 0 atom stereocenters. The maximum absolute atomic E-state index is 5.91. The van der Waals surface area contributed by atoms with Crippen molar-refractivity contribution in [2.45, 2.75) is 6.54 Å². The first-order valence-corrected chi connectivity index (χ1v) is 4.71. The Hall–Kier alpha value is -1.25. The molecule has 0 saturated heterocycles. The smallest absolute Gasteiger partial charge is 0.134 e. The lowest BCUT2D eigenvalue weighted by Gasteiger charge is -2.04. The van der Waals surface area contributed by atoms with Gasteiger partial charge in [-0.1, -0.05) is 17.7 Å². The summed E-state index contributed by atoms with van der Waals surface area (Å²) in [5, 5.41) is 0.689. The van der Waals surface area contributed by atoms with Gasteiger partial charge in [0.2, 0.25) is 0 Å². The van der Waals surface area contributed by atoms with Crippen LogP contribution < -0.4 is 5.73 Å². The van der Waals surface area contributed by atoms with Gasteiger partial charge in [-0.25, -0.2) is 0 Å². The molecule has 0 aliphatic heterocycles. The molecular weight excluding hydrogens is 198 g/mol. The largest absolute Gasteiger partial charge is 0.464 e. The average molecular weight is 208 g/mol. The van der Waals surface area contributed by atoms with E-state index < -0.39 is 0 Å². The number of hydrogen-bond acceptors (Lipinski definition) is 2. The van der Waals surface area contributed by atoms with Crippen molar-refractivity contribution in [3.63, 3.8) is 0 Å². The van der Waals surface area contributed by atoms with Crippen molar-refractivity contribution < 1.29 is 4.42 Å². The molecule has 14 heavy (non-hydrogen) atoms. The van der Waals surface area contributed by atoms with Crippen LogP contribution in [0.4, 0.5) is 0 Å². The summed E-state index contributed by atoms with van der Waals surface area (Å²) in [7, 11) is 0. The van der Waals surface area contributed by atoms with E-state index in [1.807, 2.05) is 30.3 Å². The number of benzene rings is 1. The normalized spacial score (nSPS) is 10.4. The van der Waals surface area contributed by atoms with Gasteiger partial charge in [0.1, 0.15) is 5.76 Å². The summed E-state index contributed by atoms with van der Waals surface area (Å²) in [6, 6.07) is 9.35. The summed E-state index contributed by atoms with van der Waals surface area (Å²) in [5.74, 6) is 0.799. The number of hydrogen-bond donors (Lipinski definition) is 1. The van der Waals surface area contributed by atoms with Gasteiger partial charge in [-0.05, 0) is 29.8 Å². The van der Waals surface area contributed by atoms with Crippen molar-refractivity contribution in [2.24, 2.45) is 5.73 Å². The van der Waals surface area contributed by atoms with Gasteiger partial charge in [-0.3, -0.25) is 0 Å². The number of rotatable bonds is 2. The third-order valence-corrected chi connectivity index (χ3v) is 2.31. The van der Waals surface area contributed by atoms with Crippen molar-refractivity contribution in [1.82, 2.24) is 0 Å². The maximum Gasteiger partial charge on any atom is 0.134 e. The van der Waals surface area contributed by atoms with Gasteiger partial charge in [0.25, 0.3) is 0 Å². The first-order chi connectivity index (χ1) is 6.81. The van der Waals surface area contributed by atoms with E-state index in [2.05, 4.69) is 0 Å². The Morgan fingerprint density at radius 2 is 2.14 bits per heavy atom.